The van der Waals surface area contributed by atoms with E-state index in [-0.39, 0.29) is 16.8 Å². The van der Waals surface area contributed by atoms with Crippen molar-refractivity contribution >= 4 is 21.6 Å². The molecular weight excluding hydrogens is 302 g/mol. The van der Waals surface area contributed by atoms with Crippen LogP contribution in [-0.2, 0) is 14.8 Å². The van der Waals surface area contributed by atoms with Crippen molar-refractivity contribution in [2.75, 3.05) is 33.0 Å². The molecule has 0 saturated carbocycles. The zero-order valence-electron chi connectivity index (χ0n) is 13.7. The normalized spacial score (nSPS) is 19.1. The molecule has 1 fully saturated rings. The summed E-state index contributed by atoms with van der Waals surface area (Å²) >= 11 is 0. The summed E-state index contributed by atoms with van der Waals surface area (Å²) in [6, 6.07) is 2.99. The number of sulfonamides is 1. The number of likely N-dealkylation sites (tertiary alicyclic amines) is 1. The number of aryl methyl sites for hydroxylation is 1. The highest BCUT2D eigenvalue weighted by Gasteiger charge is 2.29. The summed E-state index contributed by atoms with van der Waals surface area (Å²) in [5.74, 6) is 0.0397. The van der Waals surface area contributed by atoms with Crippen LogP contribution in [0.5, 0.6) is 0 Å². The Hall–Kier alpha value is -1.60. The van der Waals surface area contributed by atoms with Crippen molar-refractivity contribution in [3.05, 3.63) is 23.3 Å². The van der Waals surface area contributed by atoms with Crippen molar-refractivity contribution in [1.82, 2.24) is 9.21 Å². The van der Waals surface area contributed by atoms with Gasteiger partial charge in [0.2, 0.25) is 15.9 Å². The topological polar surface area (TPSA) is 69.7 Å². The van der Waals surface area contributed by atoms with E-state index in [1.54, 1.807) is 24.1 Å². The van der Waals surface area contributed by atoms with Crippen molar-refractivity contribution in [3.8, 4) is 0 Å². The molecule has 1 aromatic carbocycles. The molecule has 1 N–H and O–H groups in total. The van der Waals surface area contributed by atoms with Crippen molar-refractivity contribution in [3.63, 3.8) is 0 Å². The Morgan fingerprint density at radius 1 is 1.27 bits per heavy atom. The summed E-state index contributed by atoms with van der Waals surface area (Å²) < 4.78 is 25.8. The molecule has 2 rings (SSSR count). The van der Waals surface area contributed by atoms with Gasteiger partial charge in [0.05, 0.1) is 4.90 Å². The minimum atomic E-state index is -3.50. The third-order valence-corrected chi connectivity index (χ3v) is 5.97. The molecule has 22 heavy (non-hydrogen) atoms. The molecule has 1 amide bonds. The van der Waals surface area contributed by atoms with E-state index in [0.29, 0.717) is 12.2 Å². The predicted octanol–water partition coefficient (Wildman–Crippen LogP) is 1.20. The van der Waals surface area contributed by atoms with E-state index in [4.69, 9.17) is 0 Å². The first-order valence-electron chi connectivity index (χ1n) is 7.20. The van der Waals surface area contributed by atoms with Crippen molar-refractivity contribution in [2.24, 2.45) is 0 Å². The number of benzene rings is 1. The fraction of sp³-hybridized carbons (Fsp3) is 0.533. The molecule has 122 valence electrons. The van der Waals surface area contributed by atoms with Gasteiger partial charge in [-0.15, -0.1) is 0 Å². The van der Waals surface area contributed by atoms with Crippen LogP contribution in [0.3, 0.4) is 0 Å². The molecule has 1 aromatic rings. The number of nitrogens with one attached hydrogen (secondary N) is 1. The maximum absolute atomic E-state index is 12.3. The highest BCUT2D eigenvalue weighted by atomic mass is 32.2. The van der Waals surface area contributed by atoms with E-state index < -0.39 is 10.0 Å². The van der Waals surface area contributed by atoms with E-state index in [2.05, 4.69) is 5.32 Å². The molecule has 0 radical (unpaired) electrons. The third kappa shape index (κ3) is 2.96. The Morgan fingerprint density at radius 2 is 1.91 bits per heavy atom. The molecule has 1 aliphatic heterocycles. The van der Waals surface area contributed by atoms with Gasteiger partial charge in [0.1, 0.15) is 6.04 Å². The van der Waals surface area contributed by atoms with Crippen molar-refractivity contribution in [2.45, 2.75) is 31.2 Å². The summed E-state index contributed by atoms with van der Waals surface area (Å²) in [4.78, 5) is 14.0. The number of likely N-dealkylation sites (N-methyl/N-ethyl adjacent to an activating group) is 1. The van der Waals surface area contributed by atoms with Crippen LogP contribution in [0.4, 0.5) is 5.69 Å². The van der Waals surface area contributed by atoms with Crippen LogP contribution in [0.2, 0.25) is 0 Å². The van der Waals surface area contributed by atoms with Gasteiger partial charge in [-0.2, -0.15) is 0 Å². The highest BCUT2D eigenvalue weighted by molar-refractivity contribution is 7.89. The fourth-order valence-corrected chi connectivity index (χ4v) is 3.49. The van der Waals surface area contributed by atoms with Gasteiger partial charge in [-0.1, -0.05) is 0 Å². The number of nitrogens with zero attached hydrogens (tertiary/aromatic N) is 2. The van der Waals surface area contributed by atoms with Gasteiger partial charge in [-0.25, -0.2) is 12.7 Å². The SMILES string of the molecule is Cc1cc(S(=O)(=O)N(C)C)cc(NC2CCN(C)C2=O)c1C. The Bertz CT molecular complexity index is 698. The quantitative estimate of drug-likeness (QED) is 0.903. The largest absolute Gasteiger partial charge is 0.373 e. The second-order valence-electron chi connectivity index (χ2n) is 5.95. The molecular formula is C15H23N3O3S. The van der Waals surface area contributed by atoms with Crippen LogP contribution in [-0.4, -0.2) is 57.3 Å². The number of amides is 1. The molecule has 1 aliphatic rings. The Labute approximate surface area is 132 Å². The van der Waals surface area contributed by atoms with Gasteiger partial charge in [0.25, 0.3) is 0 Å². The van der Waals surface area contributed by atoms with E-state index in [9.17, 15) is 13.2 Å². The van der Waals surface area contributed by atoms with E-state index >= 15 is 0 Å². The minimum Gasteiger partial charge on any atom is -0.373 e. The van der Waals surface area contributed by atoms with E-state index in [1.807, 2.05) is 13.8 Å². The molecule has 1 unspecified atom stereocenters. The lowest BCUT2D eigenvalue weighted by atomic mass is 10.1. The summed E-state index contributed by atoms with van der Waals surface area (Å²) in [6.07, 6.45) is 0.721. The van der Waals surface area contributed by atoms with Gasteiger partial charge in [0.15, 0.2) is 0 Å². The number of carbonyl (C=O) groups excluding carboxylic acids is 1. The smallest absolute Gasteiger partial charge is 0.244 e. The highest BCUT2D eigenvalue weighted by Crippen LogP contribution is 2.27. The average molecular weight is 325 g/mol. The monoisotopic (exact) mass is 325 g/mol. The maximum Gasteiger partial charge on any atom is 0.244 e. The lowest BCUT2D eigenvalue weighted by Gasteiger charge is -2.19. The van der Waals surface area contributed by atoms with Crippen LogP contribution in [0.15, 0.2) is 17.0 Å². The molecule has 0 aliphatic carbocycles. The van der Waals surface area contributed by atoms with Crippen LogP contribution in [0.1, 0.15) is 17.5 Å². The zero-order valence-corrected chi connectivity index (χ0v) is 14.5. The third-order valence-electron chi connectivity index (χ3n) is 4.18. The molecule has 0 bridgehead atoms. The van der Waals surface area contributed by atoms with Crippen molar-refractivity contribution in [1.29, 1.82) is 0 Å². The molecule has 7 heteroatoms. The number of anilines is 1. The summed E-state index contributed by atoms with van der Waals surface area (Å²) in [6.45, 7) is 4.51. The summed E-state index contributed by atoms with van der Waals surface area (Å²) in [5, 5.41) is 3.21. The molecule has 1 heterocycles. The molecule has 0 aromatic heterocycles. The molecule has 1 atom stereocenters. The first-order chi connectivity index (χ1) is 10.1. The van der Waals surface area contributed by atoms with Crippen LogP contribution in [0, 0.1) is 13.8 Å². The number of rotatable bonds is 4. The molecule has 1 saturated heterocycles. The summed E-state index contributed by atoms with van der Waals surface area (Å²) in [7, 11) is 1.29. The number of hydrogen-bond acceptors (Lipinski definition) is 4. The second kappa shape index (κ2) is 5.89. The number of hydrogen-bond donors (Lipinski definition) is 1. The maximum atomic E-state index is 12.3. The minimum absolute atomic E-state index is 0.0397. The fourth-order valence-electron chi connectivity index (χ4n) is 2.48. The average Bonchev–Trinajstić information content (AvgIpc) is 2.75. The van der Waals surface area contributed by atoms with Gasteiger partial charge < -0.3 is 10.2 Å². The van der Waals surface area contributed by atoms with Crippen LogP contribution >= 0.6 is 0 Å². The van der Waals surface area contributed by atoms with E-state index in [0.717, 1.165) is 17.5 Å². The molecule has 0 spiro atoms. The second-order valence-corrected chi connectivity index (χ2v) is 8.10. The first-order valence-corrected chi connectivity index (χ1v) is 8.64. The van der Waals surface area contributed by atoms with Gasteiger partial charge in [-0.05, 0) is 43.5 Å². The van der Waals surface area contributed by atoms with Gasteiger partial charge in [0, 0.05) is 33.4 Å². The van der Waals surface area contributed by atoms with Crippen LogP contribution in [0.25, 0.3) is 0 Å². The van der Waals surface area contributed by atoms with Crippen molar-refractivity contribution < 1.29 is 13.2 Å². The van der Waals surface area contributed by atoms with E-state index in [1.165, 1.54) is 18.4 Å². The zero-order chi connectivity index (χ0) is 16.7. The summed E-state index contributed by atoms with van der Waals surface area (Å²) in [5.41, 5.74) is 2.54. The van der Waals surface area contributed by atoms with Gasteiger partial charge in [-0.3, -0.25) is 4.79 Å². The number of carbonyl (C=O) groups is 1. The lowest BCUT2D eigenvalue weighted by Crippen LogP contribution is -2.31. The lowest BCUT2D eigenvalue weighted by molar-refractivity contribution is -0.127. The predicted molar refractivity (Wildman–Crippen MR) is 86.5 cm³/mol. The molecule has 6 nitrogen and oxygen atoms in total. The Balaban J connectivity index is 2.40. The van der Waals surface area contributed by atoms with Gasteiger partial charge >= 0.3 is 0 Å². The Morgan fingerprint density at radius 3 is 2.41 bits per heavy atom. The van der Waals surface area contributed by atoms with Crippen LogP contribution < -0.4 is 5.32 Å². The first kappa shape index (κ1) is 16.8. The standard InChI is InChI=1S/C15H23N3O3S/c1-10-8-12(22(20,21)17(3)4)9-14(11(10)2)16-13-6-7-18(5)15(13)19/h8-9,13,16H,6-7H2,1-5H3. The Kier molecular flexibility index (Phi) is 4.49.